The smallest absolute Gasteiger partial charge is 0.317 e. The minimum absolute atomic E-state index is 0.0106. The second kappa shape index (κ2) is 8.80. The molecular formula is C18H27N3O3. The Morgan fingerprint density at radius 1 is 1.12 bits per heavy atom. The zero-order chi connectivity index (χ0) is 17.5. The monoisotopic (exact) mass is 333 g/mol. The summed E-state index contributed by atoms with van der Waals surface area (Å²) in [6, 6.07) is 8.40. The fourth-order valence-corrected chi connectivity index (χ4v) is 3.02. The number of carbonyl (C=O) groups excluding carboxylic acids is 1. The first kappa shape index (κ1) is 18.4. The molecule has 132 valence electrons. The van der Waals surface area contributed by atoms with Crippen molar-refractivity contribution in [3.8, 4) is 0 Å². The van der Waals surface area contributed by atoms with Gasteiger partial charge in [-0.25, -0.2) is 0 Å². The number of aliphatic carboxylic acids is 1. The van der Waals surface area contributed by atoms with Crippen molar-refractivity contribution in [2.45, 2.75) is 19.9 Å². The molecule has 24 heavy (non-hydrogen) atoms. The summed E-state index contributed by atoms with van der Waals surface area (Å²) in [7, 11) is 1.66. The van der Waals surface area contributed by atoms with Crippen molar-refractivity contribution in [2.24, 2.45) is 0 Å². The van der Waals surface area contributed by atoms with Gasteiger partial charge in [0.05, 0.1) is 13.1 Å². The summed E-state index contributed by atoms with van der Waals surface area (Å²) in [6.07, 6.45) is 0.945. The quantitative estimate of drug-likeness (QED) is 0.843. The van der Waals surface area contributed by atoms with E-state index in [0.29, 0.717) is 6.54 Å². The van der Waals surface area contributed by atoms with Crippen LogP contribution in [0.3, 0.4) is 0 Å². The third kappa shape index (κ3) is 5.62. The highest BCUT2D eigenvalue weighted by Crippen LogP contribution is 2.13. The molecule has 2 rings (SSSR count). The van der Waals surface area contributed by atoms with E-state index >= 15 is 0 Å². The van der Waals surface area contributed by atoms with Crippen molar-refractivity contribution < 1.29 is 14.7 Å². The van der Waals surface area contributed by atoms with Crippen LogP contribution in [-0.4, -0.2) is 78.0 Å². The molecule has 1 N–H and O–H groups in total. The molecule has 0 saturated carbocycles. The summed E-state index contributed by atoms with van der Waals surface area (Å²) in [5.41, 5.74) is 2.63. The Morgan fingerprint density at radius 2 is 1.88 bits per heavy atom. The first-order valence-corrected chi connectivity index (χ1v) is 8.40. The van der Waals surface area contributed by atoms with Crippen LogP contribution < -0.4 is 0 Å². The predicted molar refractivity (Wildman–Crippen MR) is 92.8 cm³/mol. The molecule has 6 nitrogen and oxygen atoms in total. The topological polar surface area (TPSA) is 64.1 Å². The second-order valence-corrected chi connectivity index (χ2v) is 6.50. The summed E-state index contributed by atoms with van der Waals surface area (Å²) in [5.74, 6) is -0.901. The van der Waals surface area contributed by atoms with Crippen LogP contribution in [-0.2, 0) is 16.1 Å². The first-order valence-electron chi connectivity index (χ1n) is 8.40. The summed E-state index contributed by atoms with van der Waals surface area (Å²) in [5, 5.41) is 8.78. The summed E-state index contributed by atoms with van der Waals surface area (Å²) in [4.78, 5) is 28.8. The van der Waals surface area contributed by atoms with Gasteiger partial charge < -0.3 is 10.0 Å². The molecule has 0 radical (unpaired) electrons. The molecule has 6 heteroatoms. The lowest BCUT2D eigenvalue weighted by atomic mass is 10.1. The average molecular weight is 333 g/mol. The van der Waals surface area contributed by atoms with E-state index in [1.165, 1.54) is 11.1 Å². The molecule has 0 unspecified atom stereocenters. The lowest BCUT2D eigenvalue weighted by Crippen LogP contribution is -2.42. The standard InChI is InChI=1S/C18H27N3O3/c1-15-6-3-4-7-16(15)12-20-8-5-9-21(11-10-20)17(22)13-19(2)14-18(23)24/h3-4,6-7H,5,8-14H2,1-2H3,(H,23,24). The average Bonchev–Trinajstić information content (AvgIpc) is 2.74. The van der Waals surface area contributed by atoms with Crippen molar-refractivity contribution in [2.75, 3.05) is 46.3 Å². The lowest BCUT2D eigenvalue weighted by Gasteiger charge is -2.24. The van der Waals surface area contributed by atoms with Gasteiger partial charge in [0.2, 0.25) is 5.91 Å². The second-order valence-electron chi connectivity index (χ2n) is 6.50. The Bertz CT molecular complexity index is 576. The Hall–Kier alpha value is -1.92. The van der Waals surface area contributed by atoms with Gasteiger partial charge in [-0.3, -0.25) is 19.4 Å². The summed E-state index contributed by atoms with van der Waals surface area (Å²) in [6.45, 7) is 6.35. The number of benzene rings is 1. The van der Waals surface area contributed by atoms with Crippen molar-refractivity contribution in [1.29, 1.82) is 0 Å². The number of carboxylic acids is 1. The van der Waals surface area contributed by atoms with E-state index in [1.54, 1.807) is 11.9 Å². The number of hydrogen-bond donors (Lipinski definition) is 1. The molecule has 1 fully saturated rings. The number of likely N-dealkylation sites (N-methyl/N-ethyl adjacent to an activating group) is 1. The molecule has 0 atom stereocenters. The zero-order valence-electron chi connectivity index (χ0n) is 14.6. The van der Waals surface area contributed by atoms with Crippen LogP contribution in [0.5, 0.6) is 0 Å². The van der Waals surface area contributed by atoms with Crippen LogP contribution in [0.15, 0.2) is 24.3 Å². The van der Waals surface area contributed by atoms with Gasteiger partial charge >= 0.3 is 5.97 Å². The van der Waals surface area contributed by atoms with E-state index < -0.39 is 5.97 Å². The number of amides is 1. The molecule has 1 saturated heterocycles. The summed E-state index contributed by atoms with van der Waals surface area (Å²) < 4.78 is 0. The van der Waals surface area contributed by atoms with Gasteiger partial charge in [0.1, 0.15) is 0 Å². The van der Waals surface area contributed by atoms with E-state index in [0.717, 1.165) is 32.6 Å². The molecule has 0 spiro atoms. The van der Waals surface area contributed by atoms with Crippen molar-refractivity contribution >= 4 is 11.9 Å². The number of rotatable bonds is 6. The third-order valence-corrected chi connectivity index (χ3v) is 4.41. The number of carbonyl (C=O) groups is 2. The van der Waals surface area contributed by atoms with Crippen molar-refractivity contribution in [3.05, 3.63) is 35.4 Å². The molecular weight excluding hydrogens is 306 g/mol. The molecule has 1 amide bonds. The maximum atomic E-state index is 12.3. The highest BCUT2D eigenvalue weighted by atomic mass is 16.4. The van der Waals surface area contributed by atoms with Crippen LogP contribution >= 0.6 is 0 Å². The Balaban J connectivity index is 1.85. The fraction of sp³-hybridized carbons (Fsp3) is 0.556. The number of nitrogens with zero attached hydrogens (tertiary/aromatic N) is 3. The molecule has 1 aliphatic rings. The van der Waals surface area contributed by atoms with Gasteiger partial charge in [-0.15, -0.1) is 0 Å². The van der Waals surface area contributed by atoms with Gasteiger partial charge in [-0.1, -0.05) is 24.3 Å². The zero-order valence-corrected chi connectivity index (χ0v) is 14.6. The number of aryl methyl sites for hydroxylation is 1. The largest absolute Gasteiger partial charge is 0.480 e. The molecule has 1 heterocycles. The van der Waals surface area contributed by atoms with E-state index in [4.69, 9.17) is 5.11 Å². The van der Waals surface area contributed by atoms with Crippen LogP contribution in [0.2, 0.25) is 0 Å². The van der Waals surface area contributed by atoms with Gasteiger partial charge in [0, 0.05) is 32.7 Å². The van der Waals surface area contributed by atoms with Gasteiger partial charge in [-0.05, 0) is 31.5 Å². The Morgan fingerprint density at radius 3 is 2.58 bits per heavy atom. The highest BCUT2D eigenvalue weighted by Gasteiger charge is 2.21. The SMILES string of the molecule is Cc1ccccc1CN1CCCN(C(=O)CN(C)CC(=O)O)CC1. The van der Waals surface area contributed by atoms with Crippen LogP contribution in [0, 0.1) is 6.92 Å². The van der Waals surface area contributed by atoms with E-state index in [-0.39, 0.29) is 19.0 Å². The Labute approximate surface area is 143 Å². The minimum Gasteiger partial charge on any atom is -0.480 e. The molecule has 1 aromatic rings. The molecule has 0 bridgehead atoms. The maximum Gasteiger partial charge on any atom is 0.317 e. The van der Waals surface area contributed by atoms with Crippen LogP contribution in [0.1, 0.15) is 17.5 Å². The fourth-order valence-electron chi connectivity index (χ4n) is 3.02. The molecule has 1 aromatic carbocycles. The normalized spacial score (nSPS) is 16.2. The first-order chi connectivity index (χ1) is 11.5. The predicted octanol–water partition coefficient (Wildman–Crippen LogP) is 1.05. The van der Waals surface area contributed by atoms with E-state index in [9.17, 15) is 9.59 Å². The Kier molecular flexibility index (Phi) is 6.75. The van der Waals surface area contributed by atoms with Crippen LogP contribution in [0.25, 0.3) is 0 Å². The number of hydrogen-bond acceptors (Lipinski definition) is 4. The third-order valence-electron chi connectivity index (χ3n) is 4.41. The minimum atomic E-state index is -0.912. The highest BCUT2D eigenvalue weighted by molar-refractivity contribution is 5.79. The summed E-state index contributed by atoms with van der Waals surface area (Å²) >= 11 is 0. The van der Waals surface area contributed by atoms with Gasteiger partial charge in [-0.2, -0.15) is 0 Å². The maximum absolute atomic E-state index is 12.3. The number of carboxylic acid groups (broad SMARTS) is 1. The van der Waals surface area contributed by atoms with Gasteiger partial charge in [0.15, 0.2) is 0 Å². The van der Waals surface area contributed by atoms with Crippen molar-refractivity contribution in [3.63, 3.8) is 0 Å². The lowest BCUT2D eigenvalue weighted by molar-refractivity contribution is -0.139. The van der Waals surface area contributed by atoms with Crippen molar-refractivity contribution in [1.82, 2.24) is 14.7 Å². The van der Waals surface area contributed by atoms with Gasteiger partial charge in [0.25, 0.3) is 0 Å². The van der Waals surface area contributed by atoms with E-state index in [1.807, 2.05) is 4.90 Å². The molecule has 0 aliphatic carbocycles. The van der Waals surface area contributed by atoms with Crippen LogP contribution in [0.4, 0.5) is 0 Å². The van der Waals surface area contributed by atoms with E-state index in [2.05, 4.69) is 36.1 Å². The molecule has 1 aliphatic heterocycles. The molecule has 0 aromatic heterocycles.